The lowest BCUT2D eigenvalue weighted by Gasteiger charge is -2.22. The van der Waals surface area contributed by atoms with Crippen LogP contribution in [0.2, 0.25) is 10.0 Å². The van der Waals surface area contributed by atoms with E-state index in [0.29, 0.717) is 16.3 Å². The van der Waals surface area contributed by atoms with Gasteiger partial charge in [0.1, 0.15) is 6.54 Å². The first kappa shape index (κ1) is 19.1. The molecule has 0 aliphatic carbocycles. The summed E-state index contributed by atoms with van der Waals surface area (Å²) in [5.74, 6) is -0.570. The Bertz CT molecular complexity index is 938. The number of nitriles is 1. The van der Waals surface area contributed by atoms with E-state index in [9.17, 15) is 13.2 Å². The van der Waals surface area contributed by atoms with E-state index in [0.717, 1.165) is 10.6 Å². The van der Waals surface area contributed by atoms with Crippen LogP contribution >= 0.6 is 23.2 Å². The van der Waals surface area contributed by atoms with Crippen LogP contribution in [0.1, 0.15) is 5.56 Å². The Labute approximate surface area is 155 Å². The maximum absolute atomic E-state index is 12.2. The Kier molecular flexibility index (Phi) is 5.90. The maximum atomic E-state index is 12.2. The molecule has 0 radical (unpaired) electrons. The molecule has 0 saturated carbocycles. The van der Waals surface area contributed by atoms with Gasteiger partial charge in [-0.3, -0.25) is 9.10 Å². The van der Waals surface area contributed by atoms with Crippen molar-refractivity contribution in [3.8, 4) is 6.07 Å². The fraction of sp³-hybridized carbons (Fsp3) is 0.125. The molecule has 1 amide bonds. The molecule has 2 rings (SSSR count). The number of halogens is 2. The summed E-state index contributed by atoms with van der Waals surface area (Å²) in [5, 5.41) is 12.0. The number of sulfonamides is 1. The fourth-order valence-corrected chi connectivity index (χ4v) is 3.33. The number of carbonyl (C=O) groups excluding carboxylic acids is 1. The van der Waals surface area contributed by atoms with Crippen molar-refractivity contribution in [1.29, 1.82) is 5.26 Å². The molecule has 2 aromatic carbocycles. The number of carbonyl (C=O) groups is 1. The molecule has 0 bridgehead atoms. The van der Waals surface area contributed by atoms with Gasteiger partial charge in [0.2, 0.25) is 15.9 Å². The minimum Gasteiger partial charge on any atom is -0.323 e. The van der Waals surface area contributed by atoms with Crippen molar-refractivity contribution in [2.45, 2.75) is 0 Å². The molecule has 0 atom stereocenters. The van der Waals surface area contributed by atoms with Gasteiger partial charge in [-0.05, 0) is 42.5 Å². The smallest absolute Gasteiger partial charge is 0.245 e. The second-order valence-corrected chi connectivity index (χ2v) is 7.85. The zero-order chi connectivity index (χ0) is 18.6. The first-order valence-electron chi connectivity index (χ1n) is 6.93. The first-order valence-corrected chi connectivity index (χ1v) is 9.54. The van der Waals surface area contributed by atoms with E-state index >= 15 is 0 Å². The molecule has 130 valence electrons. The van der Waals surface area contributed by atoms with Gasteiger partial charge >= 0.3 is 0 Å². The van der Waals surface area contributed by atoms with Crippen LogP contribution < -0.4 is 9.62 Å². The monoisotopic (exact) mass is 397 g/mol. The van der Waals surface area contributed by atoms with Gasteiger partial charge in [-0.15, -0.1) is 0 Å². The molecule has 25 heavy (non-hydrogen) atoms. The van der Waals surface area contributed by atoms with Crippen LogP contribution in [0.4, 0.5) is 11.4 Å². The number of hydrogen-bond acceptors (Lipinski definition) is 4. The molecular formula is C16H13Cl2N3O3S. The fourth-order valence-electron chi connectivity index (χ4n) is 2.01. The maximum Gasteiger partial charge on any atom is 0.245 e. The number of anilines is 2. The SMILES string of the molecule is CS(=O)(=O)N(CC(=O)Nc1ccc(Cl)cc1Cl)c1ccc(C#N)cc1. The van der Waals surface area contributed by atoms with Crippen LogP contribution in [0, 0.1) is 11.3 Å². The summed E-state index contributed by atoms with van der Waals surface area (Å²) in [7, 11) is -3.71. The third-order valence-corrected chi connectivity index (χ3v) is 4.87. The Morgan fingerprint density at radius 1 is 1.20 bits per heavy atom. The van der Waals surface area contributed by atoms with Gasteiger partial charge in [0.15, 0.2) is 0 Å². The largest absolute Gasteiger partial charge is 0.323 e. The van der Waals surface area contributed by atoms with Crippen LogP contribution in [0.3, 0.4) is 0 Å². The van der Waals surface area contributed by atoms with E-state index in [1.807, 2.05) is 6.07 Å². The molecule has 9 heteroatoms. The summed E-state index contributed by atoms with van der Waals surface area (Å²) in [5.41, 5.74) is 0.984. The van der Waals surface area contributed by atoms with Crippen molar-refractivity contribution >= 4 is 50.5 Å². The lowest BCUT2D eigenvalue weighted by atomic mass is 10.2. The summed E-state index contributed by atoms with van der Waals surface area (Å²) in [6.45, 7) is -0.441. The Morgan fingerprint density at radius 2 is 1.84 bits per heavy atom. The molecule has 0 aliphatic heterocycles. The topological polar surface area (TPSA) is 90.3 Å². The molecule has 0 aromatic heterocycles. The van der Waals surface area contributed by atoms with E-state index < -0.39 is 22.5 Å². The summed E-state index contributed by atoms with van der Waals surface area (Å²) >= 11 is 11.8. The van der Waals surface area contributed by atoms with E-state index in [4.69, 9.17) is 28.5 Å². The first-order chi connectivity index (χ1) is 11.7. The lowest BCUT2D eigenvalue weighted by molar-refractivity contribution is -0.114. The molecule has 1 N–H and O–H groups in total. The molecule has 0 heterocycles. The Hall–Kier alpha value is -2.27. The van der Waals surface area contributed by atoms with E-state index in [1.165, 1.54) is 36.4 Å². The van der Waals surface area contributed by atoms with Crippen molar-refractivity contribution in [3.63, 3.8) is 0 Å². The third kappa shape index (κ3) is 5.10. The summed E-state index contributed by atoms with van der Waals surface area (Å²) < 4.78 is 25.0. The Balaban J connectivity index is 2.22. The van der Waals surface area contributed by atoms with Gasteiger partial charge in [0, 0.05) is 5.02 Å². The average Bonchev–Trinajstić information content (AvgIpc) is 2.54. The minimum atomic E-state index is -3.71. The molecule has 6 nitrogen and oxygen atoms in total. The molecule has 0 saturated heterocycles. The number of hydrogen-bond donors (Lipinski definition) is 1. The number of nitrogens with zero attached hydrogens (tertiary/aromatic N) is 2. The molecule has 0 spiro atoms. The van der Waals surface area contributed by atoms with Crippen LogP contribution in [0.5, 0.6) is 0 Å². The highest BCUT2D eigenvalue weighted by molar-refractivity contribution is 7.92. The lowest BCUT2D eigenvalue weighted by Crippen LogP contribution is -2.37. The standard InChI is InChI=1S/C16H13Cl2N3O3S/c1-25(23,24)21(13-5-2-11(9-19)3-6-13)10-16(22)20-15-7-4-12(17)8-14(15)18/h2-8H,10H2,1H3,(H,20,22). The van der Waals surface area contributed by atoms with E-state index in [-0.39, 0.29) is 10.7 Å². The highest BCUT2D eigenvalue weighted by Crippen LogP contribution is 2.25. The van der Waals surface area contributed by atoms with Gasteiger partial charge < -0.3 is 5.32 Å². The normalized spacial score (nSPS) is 10.8. The third-order valence-electron chi connectivity index (χ3n) is 3.18. The second-order valence-electron chi connectivity index (χ2n) is 5.10. The average molecular weight is 398 g/mol. The van der Waals surface area contributed by atoms with Gasteiger partial charge in [-0.2, -0.15) is 5.26 Å². The van der Waals surface area contributed by atoms with Gasteiger partial charge in [-0.1, -0.05) is 23.2 Å². The molecule has 0 fully saturated rings. The quantitative estimate of drug-likeness (QED) is 0.837. The highest BCUT2D eigenvalue weighted by atomic mass is 35.5. The number of amides is 1. The molecular weight excluding hydrogens is 385 g/mol. The zero-order valence-electron chi connectivity index (χ0n) is 13.0. The van der Waals surface area contributed by atoms with E-state index in [2.05, 4.69) is 5.32 Å². The van der Waals surface area contributed by atoms with Crippen molar-refractivity contribution in [2.24, 2.45) is 0 Å². The van der Waals surface area contributed by atoms with Crippen molar-refractivity contribution in [1.82, 2.24) is 0 Å². The molecule has 2 aromatic rings. The Morgan fingerprint density at radius 3 is 2.36 bits per heavy atom. The second kappa shape index (κ2) is 7.74. The van der Waals surface area contributed by atoms with Gasteiger partial charge in [0.25, 0.3) is 0 Å². The number of nitrogens with one attached hydrogen (secondary N) is 1. The van der Waals surface area contributed by atoms with Crippen LogP contribution in [-0.2, 0) is 14.8 Å². The van der Waals surface area contributed by atoms with Crippen molar-refractivity contribution in [2.75, 3.05) is 22.4 Å². The minimum absolute atomic E-state index is 0.241. The van der Waals surface area contributed by atoms with Crippen LogP contribution in [0.25, 0.3) is 0 Å². The van der Waals surface area contributed by atoms with Crippen LogP contribution in [-0.4, -0.2) is 27.1 Å². The zero-order valence-corrected chi connectivity index (χ0v) is 15.4. The summed E-state index contributed by atoms with van der Waals surface area (Å²) in [6, 6.07) is 12.4. The predicted octanol–water partition coefficient (Wildman–Crippen LogP) is 3.27. The highest BCUT2D eigenvalue weighted by Gasteiger charge is 2.21. The van der Waals surface area contributed by atoms with Gasteiger partial charge in [0.05, 0.1) is 34.3 Å². The van der Waals surface area contributed by atoms with Crippen molar-refractivity contribution in [3.05, 3.63) is 58.1 Å². The van der Waals surface area contributed by atoms with E-state index in [1.54, 1.807) is 6.07 Å². The molecule has 0 aliphatic rings. The number of rotatable bonds is 5. The number of benzene rings is 2. The van der Waals surface area contributed by atoms with Crippen LogP contribution in [0.15, 0.2) is 42.5 Å². The molecule has 0 unspecified atom stereocenters. The van der Waals surface area contributed by atoms with Gasteiger partial charge in [-0.25, -0.2) is 8.42 Å². The van der Waals surface area contributed by atoms with Crippen molar-refractivity contribution < 1.29 is 13.2 Å². The predicted molar refractivity (Wildman–Crippen MR) is 98.4 cm³/mol. The summed E-state index contributed by atoms with van der Waals surface area (Å²) in [4.78, 5) is 12.2. The summed E-state index contributed by atoms with van der Waals surface area (Å²) in [6.07, 6.45) is 0.994.